The molecule has 2 aliphatic heterocycles. The lowest BCUT2D eigenvalue weighted by Crippen LogP contribution is -2.47. The van der Waals surface area contributed by atoms with Gasteiger partial charge in [0.15, 0.2) is 0 Å². The van der Waals surface area contributed by atoms with Gasteiger partial charge in [0, 0.05) is 36.6 Å². The van der Waals surface area contributed by atoms with Crippen LogP contribution in [0, 0.1) is 17.2 Å². The Balaban J connectivity index is 1.40. The van der Waals surface area contributed by atoms with Gasteiger partial charge < -0.3 is 26.5 Å². The quantitative estimate of drug-likeness (QED) is 0.539. The Labute approximate surface area is 176 Å². The molecule has 2 saturated heterocycles. The molecule has 1 aromatic carbocycles. The van der Waals surface area contributed by atoms with E-state index in [0.29, 0.717) is 42.7 Å². The van der Waals surface area contributed by atoms with E-state index in [1.165, 1.54) is 0 Å². The fourth-order valence-electron chi connectivity index (χ4n) is 4.97. The lowest BCUT2D eigenvalue weighted by atomic mass is 10.1. The van der Waals surface area contributed by atoms with Crippen LogP contribution >= 0.6 is 0 Å². The molecule has 1 aliphatic carbocycles. The zero-order chi connectivity index (χ0) is 21.4. The second-order valence-corrected chi connectivity index (χ2v) is 8.59. The summed E-state index contributed by atoms with van der Waals surface area (Å²) >= 11 is 0. The Bertz CT molecular complexity index is 896. The maximum atomic E-state index is 11.7. The number of hydrogen-bond donors (Lipinski definition) is 3. The van der Waals surface area contributed by atoms with E-state index in [1.807, 2.05) is 12.1 Å². The highest BCUT2D eigenvalue weighted by Crippen LogP contribution is 2.49. The van der Waals surface area contributed by atoms with Crippen LogP contribution in [0.4, 0.5) is 5.69 Å². The average molecular weight is 409 g/mol. The summed E-state index contributed by atoms with van der Waals surface area (Å²) in [5.74, 6) is 0.0984. The number of nitrogens with two attached hydrogens (primary N) is 2. The van der Waals surface area contributed by atoms with E-state index < -0.39 is 5.91 Å². The number of carbonyl (C=O) groups is 2. The number of piperidine rings is 1. The molecule has 0 radical (unpaired) electrons. The molecule has 8 heteroatoms. The van der Waals surface area contributed by atoms with Crippen LogP contribution in [0.5, 0.6) is 0 Å². The largest absolute Gasteiger partial charge is 0.380 e. The summed E-state index contributed by atoms with van der Waals surface area (Å²) in [5, 5.41) is 12.8. The third kappa shape index (κ3) is 3.78. The lowest BCUT2D eigenvalue weighted by Gasteiger charge is -2.33. The summed E-state index contributed by atoms with van der Waals surface area (Å²) in [6, 6.07) is 9.10. The normalized spacial score (nSPS) is 30.9. The highest BCUT2D eigenvalue weighted by atomic mass is 16.1. The summed E-state index contributed by atoms with van der Waals surface area (Å²) in [6.45, 7) is 5.30. The van der Waals surface area contributed by atoms with Crippen molar-refractivity contribution in [2.75, 3.05) is 18.4 Å². The molecule has 1 saturated carbocycles. The van der Waals surface area contributed by atoms with Crippen molar-refractivity contribution in [2.24, 2.45) is 17.4 Å². The number of primary amides is 1. The highest BCUT2D eigenvalue weighted by molar-refractivity contribution is 5.98. The predicted molar refractivity (Wildman–Crippen MR) is 113 cm³/mol. The van der Waals surface area contributed by atoms with E-state index in [2.05, 4.69) is 27.8 Å². The number of anilines is 1. The molecule has 0 bridgehead atoms. The van der Waals surface area contributed by atoms with Crippen molar-refractivity contribution in [3.63, 3.8) is 0 Å². The lowest BCUT2D eigenvalue weighted by molar-refractivity contribution is -0.111. The van der Waals surface area contributed by atoms with Crippen LogP contribution in [0.2, 0.25) is 0 Å². The van der Waals surface area contributed by atoms with Crippen LogP contribution < -0.4 is 16.8 Å². The number of carbonyl (C=O) groups excluding carboxylic acids is 2. The first-order chi connectivity index (χ1) is 14.4. The molecule has 3 fully saturated rings. The molecule has 1 aromatic rings. The number of likely N-dealkylation sites (tertiary alicyclic amines) is 2. The van der Waals surface area contributed by atoms with E-state index in [4.69, 9.17) is 11.5 Å². The molecule has 3 aliphatic rings. The Hall–Kier alpha value is -2.89. The summed E-state index contributed by atoms with van der Waals surface area (Å²) < 4.78 is 0. The van der Waals surface area contributed by atoms with Crippen molar-refractivity contribution < 1.29 is 9.59 Å². The number of benzene rings is 1. The Kier molecular flexibility index (Phi) is 5.50. The van der Waals surface area contributed by atoms with Gasteiger partial charge in [0.2, 0.25) is 0 Å². The number of fused-ring (bicyclic) bond motifs is 1. The Morgan fingerprint density at radius 1 is 1.37 bits per heavy atom. The van der Waals surface area contributed by atoms with Crippen LogP contribution in [0.3, 0.4) is 0 Å². The number of aldehydes is 1. The van der Waals surface area contributed by atoms with Gasteiger partial charge in [0.25, 0.3) is 5.91 Å². The van der Waals surface area contributed by atoms with Crippen LogP contribution in [-0.2, 0) is 4.79 Å². The number of para-hydroxylation sites is 1. The minimum Gasteiger partial charge on any atom is -0.380 e. The van der Waals surface area contributed by atoms with Gasteiger partial charge in [-0.2, -0.15) is 5.26 Å². The fraction of sp³-hybridized carbons (Fsp3) is 0.500. The van der Waals surface area contributed by atoms with Gasteiger partial charge in [-0.25, -0.2) is 0 Å². The van der Waals surface area contributed by atoms with E-state index in [1.54, 1.807) is 12.1 Å². The summed E-state index contributed by atoms with van der Waals surface area (Å²) in [5.41, 5.74) is 13.8. The highest BCUT2D eigenvalue weighted by Gasteiger charge is 2.53. The van der Waals surface area contributed by atoms with Crippen molar-refractivity contribution in [2.45, 2.75) is 49.5 Å². The molecule has 1 amide bonds. The minimum atomic E-state index is -0.491. The van der Waals surface area contributed by atoms with Gasteiger partial charge in [-0.3, -0.25) is 9.69 Å². The van der Waals surface area contributed by atoms with E-state index >= 15 is 0 Å². The molecule has 30 heavy (non-hydrogen) atoms. The SMILES string of the molecule is C=C(C(N)CN1C[C@@H](Nc2ccccc2C(N)=O)CC1C=O)N1C(C#N)CC2CC21. The molecule has 5 N–H and O–H groups in total. The maximum absolute atomic E-state index is 11.7. The van der Waals surface area contributed by atoms with Crippen molar-refractivity contribution in [3.05, 3.63) is 42.1 Å². The second kappa shape index (κ2) is 8.09. The van der Waals surface area contributed by atoms with Gasteiger partial charge in [-0.1, -0.05) is 18.7 Å². The third-order valence-corrected chi connectivity index (χ3v) is 6.60. The molecule has 4 rings (SSSR count). The van der Waals surface area contributed by atoms with Crippen LogP contribution in [0.25, 0.3) is 0 Å². The molecular weight excluding hydrogens is 380 g/mol. The standard InChI is InChI=1S/C22H28N6O2/c1-13(28-16(9-23)6-14-7-21(14)28)19(24)11-27-10-15(8-17(27)12-29)26-20-5-3-2-4-18(20)22(25)30/h2-5,12,14-17,19,21,26H,1,6-8,10-11,24H2,(H2,25,30)/t14?,15-,16?,17?,19?,21?/m0/s1. The van der Waals surface area contributed by atoms with Crippen LogP contribution in [0.1, 0.15) is 29.6 Å². The zero-order valence-corrected chi connectivity index (χ0v) is 16.9. The second-order valence-electron chi connectivity index (χ2n) is 8.59. The minimum absolute atomic E-state index is 0.00683. The molecule has 158 valence electrons. The fourth-order valence-corrected chi connectivity index (χ4v) is 4.97. The summed E-state index contributed by atoms with van der Waals surface area (Å²) in [6.07, 6.45) is 3.56. The summed E-state index contributed by atoms with van der Waals surface area (Å²) in [7, 11) is 0. The first kappa shape index (κ1) is 20.4. The first-order valence-electron chi connectivity index (χ1n) is 10.4. The van der Waals surface area contributed by atoms with Crippen LogP contribution in [0.15, 0.2) is 36.5 Å². The Morgan fingerprint density at radius 2 is 2.13 bits per heavy atom. The third-order valence-electron chi connectivity index (χ3n) is 6.60. The molecule has 6 atom stereocenters. The Morgan fingerprint density at radius 3 is 2.83 bits per heavy atom. The van der Waals surface area contributed by atoms with Gasteiger partial charge in [-0.05, 0) is 37.3 Å². The average Bonchev–Trinajstić information content (AvgIpc) is 3.23. The molecule has 0 aromatic heterocycles. The molecule has 5 unspecified atom stereocenters. The zero-order valence-electron chi connectivity index (χ0n) is 16.9. The number of nitrogens with zero attached hydrogens (tertiary/aromatic N) is 3. The predicted octanol–water partition coefficient (Wildman–Crippen LogP) is 0.667. The molecular formula is C22H28N6O2. The number of amides is 1. The number of nitriles is 1. The van der Waals surface area contributed by atoms with Gasteiger partial charge in [-0.15, -0.1) is 0 Å². The van der Waals surface area contributed by atoms with Gasteiger partial charge in [0.05, 0.1) is 23.7 Å². The van der Waals surface area contributed by atoms with E-state index in [0.717, 1.165) is 24.8 Å². The summed E-state index contributed by atoms with van der Waals surface area (Å²) in [4.78, 5) is 27.5. The molecule has 0 spiro atoms. The topological polar surface area (TPSA) is 128 Å². The van der Waals surface area contributed by atoms with Crippen molar-refractivity contribution >= 4 is 17.9 Å². The van der Waals surface area contributed by atoms with Crippen molar-refractivity contribution in [1.29, 1.82) is 5.26 Å². The van der Waals surface area contributed by atoms with Gasteiger partial charge >= 0.3 is 0 Å². The van der Waals surface area contributed by atoms with Crippen molar-refractivity contribution in [1.82, 2.24) is 9.80 Å². The van der Waals surface area contributed by atoms with Crippen LogP contribution in [-0.4, -0.2) is 65.3 Å². The molecule has 8 nitrogen and oxygen atoms in total. The monoisotopic (exact) mass is 408 g/mol. The smallest absolute Gasteiger partial charge is 0.250 e. The molecule has 2 heterocycles. The first-order valence-corrected chi connectivity index (χ1v) is 10.4. The number of nitrogens with one attached hydrogen (secondary N) is 1. The maximum Gasteiger partial charge on any atom is 0.250 e. The van der Waals surface area contributed by atoms with Crippen molar-refractivity contribution in [3.8, 4) is 6.07 Å². The van der Waals surface area contributed by atoms with E-state index in [-0.39, 0.29) is 24.2 Å². The number of rotatable bonds is 8. The number of hydrogen-bond acceptors (Lipinski definition) is 7. The van der Waals surface area contributed by atoms with Gasteiger partial charge in [0.1, 0.15) is 12.3 Å². The van der Waals surface area contributed by atoms with E-state index in [9.17, 15) is 14.9 Å².